The SMILES string of the molecule is CN1CCN(C2CCC(n3cc(-c4ccc(NS(=O)(=O)c5ccc(Br)cc5F)c(F)c4)c4c(N)ncnc43)CC2)CC1.O=C(O)/C=C\C(=O)O.O=C(O)/C=C\C(=O)O.O=C(O)/C=C\C(=O)O. The van der Waals surface area contributed by atoms with E-state index in [2.05, 4.69) is 52.0 Å². The van der Waals surface area contributed by atoms with E-state index in [-0.39, 0.29) is 17.5 Å². The first kappa shape index (κ1) is 53.2. The van der Waals surface area contributed by atoms with Crippen LogP contribution in [0.25, 0.3) is 22.2 Å². The highest BCUT2D eigenvalue weighted by Crippen LogP contribution is 2.40. The zero-order chi connectivity index (χ0) is 49.3. The van der Waals surface area contributed by atoms with E-state index in [9.17, 15) is 41.6 Å². The quantitative estimate of drug-likeness (QED) is 0.0912. The zero-order valence-corrected chi connectivity index (χ0v) is 37.1. The number of aromatic nitrogens is 3. The minimum absolute atomic E-state index is 0.219. The minimum atomic E-state index is -4.36. The minimum Gasteiger partial charge on any atom is -0.478 e. The van der Waals surface area contributed by atoms with Crippen LogP contribution in [-0.2, 0) is 38.8 Å². The van der Waals surface area contributed by atoms with E-state index in [0.717, 1.165) is 64.0 Å². The van der Waals surface area contributed by atoms with Crippen molar-refractivity contribution in [2.45, 2.75) is 42.7 Å². The second kappa shape index (κ2) is 24.8. The molecule has 1 saturated heterocycles. The Morgan fingerprint density at radius 2 is 1.20 bits per heavy atom. The molecule has 1 aliphatic carbocycles. The molecule has 1 aliphatic heterocycles. The first-order valence-corrected chi connectivity index (χ1v) is 21.5. The van der Waals surface area contributed by atoms with Crippen LogP contribution >= 0.6 is 15.9 Å². The smallest absolute Gasteiger partial charge is 0.328 e. The summed E-state index contributed by atoms with van der Waals surface area (Å²) in [5, 5.41) is 47.5. The third-order valence-electron chi connectivity index (χ3n) is 9.57. The number of carboxylic acid groups (broad SMARTS) is 6. The topological polar surface area (TPSA) is 333 Å². The van der Waals surface area contributed by atoms with Gasteiger partial charge in [-0.05, 0) is 68.6 Å². The highest BCUT2D eigenvalue weighted by atomic mass is 79.9. The van der Waals surface area contributed by atoms with Crippen LogP contribution in [0, 0.1) is 11.6 Å². The first-order valence-electron chi connectivity index (χ1n) is 19.2. The Morgan fingerprint density at radius 3 is 1.65 bits per heavy atom. The largest absolute Gasteiger partial charge is 0.478 e. The number of nitrogen functional groups attached to an aromatic ring is 1. The number of nitrogens with zero attached hydrogens (tertiary/aromatic N) is 5. The zero-order valence-electron chi connectivity index (χ0n) is 34.7. The molecule has 1 saturated carbocycles. The number of carbonyl (C=O) groups is 6. The molecule has 3 heterocycles. The molecule has 2 fully saturated rings. The highest BCUT2D eigenvalue weighted by molar-refractivity contribution is 9.10. The Bertz CT molecular complexity index is 2500. The monoisotopic (exact) mass is 1010 g/mol. The second-order valence-corrected chi connectivity index (χ2v) is 16.7. The van der Waals surface area contributed by atoms with Crippen LogP contribution in [0.3, 0.4) is 0 Å². The number of anilines is 2. The molecule has 0 spiro atoms. The lowest BCUT2D eigenvalue weighted by atomic mass is 9.89. The summed E-state index contributed by atoms with van der Waals surface area (Å²) in [5.41, 5.74) is 7.87. The molecule has 0 bridgehead atoms. The van der Waals surface area contributed by atoms with Crippen LogP contribution in [0.4, 0.5) is 20.3 Å². The molecule has 2 aromatic heterocycles. The highest BCUT2D eigenvalue weighted by Gasteiger charge is 2.30. The summed E-state index contributed by atoms with van der Waals surface area (Å²) in [4.78, 5) is 70.5. The van der Waals surface area contributed by atoms with Crippen LogP contribution < -0.4 is 10.5 Å². The molecule has 4 aromatic rings. The normalized spacial score (nSPS) is 16.6. The van der Waals surface area contributed by atoms with Crippen LogP contribution in [0.15, 0.2) is 94.7 Å². The third-order valence-corrected chi connectivity index (χ3v) is 11.5. The van der Waals surface area contributed by atoms with Gasteiger partial charge in [0.05, 0.1) is 11.1 Å². The maximum atomic E-state index is 15.3. The fourth-order valence-corrected chi connectivity index (χ4v) is 8.04. The van der Waals surface area contributed by atoms with E-state index in [1.807, 2.05) is 6.20 Å². The van der Waals surface area contributed by atoms with Gasteiger partial charge in [-0.25, -0.2) is 55.9 Å². The maximum Gasteiger partial charge on any atom is 0.328 e. The molecule has 21 nitrogen and oxygen atoms in total. The molecule has 2 aromatic carbocycles. The van der Waals surface area contributed by atoms with E-state index >= 15 is 4.39 Å². The molecule has 66 heavy (non-hydrogen) atoms. The van der Waals surface area contributed by atoms with Gasteiger partial charge in [0.2, 0.25) is 0 Å². The number of carboxylic acids is 6. The molecule has 9 N–H and O–H groups in total. The van der Waals surface area contributed by atoms with Gasteiger partial charge < -0.3 is 45.8 Å². The van der Waals surface area contributed by atoms with E-state index < -0.39 is 62.4 Å². The molecule has 6 rings (SSSR count). The molecular weight excluding hydrogens is 964 g/mol. The number of halogens is 3. The average Bonchev–Trinajstić information content (AvgIpc) is 3.64. The van der Waals surface area contributed by atoms with Crippen LogP contribution in [0.2, 0.25) is 0 Å². The first-order chi connectivity index (χ1) is 31.0. The van der Waals surface area contributed by atoms with Gasteiger partial charge >= 0.3 is 35.8 Å². The van der Waals surface area contributed by atoms with Gasteiger partial charge in [-0.2, -0.15) is 0 Å². The summed E-state index contributed by atoms with van der Waals surface area (Å²) in [6, 6.07) is 8.52. The van der Waals surface area contributed by atoms with Crippen molar-refractivity contribution in [2.24, 2.45) is 0 Å². The van der Waals surface area contributed by atoms with Crippen molar-refractivity contribution >= 4 is 84.3 Å². The van der Waals surface area contributed by atoms with Crippen molar-refractivity contribution in [3.8, 4) is 11.1 Å². The summed E-state index contributed by atoms with van der Waals surface area (Å²) < 4.78 is 60.0. The van der Waals surface area contributed by atoms with E-state index in [1.165, 1.54) is 24.5 Å². The van der Waals surface area contributed by atoms with Crippen molar-refractivity contribution in [3.05, 3.63) is 101 Å². The van der Waals surface area contributed by atoms with E-state index in [4.69, 9.17) is 36.4 Å². The standard InChI is InChI=1S/C29H32BrF2N7O2S.3C4H4O4/c1-37-10-12-38(13-11-37)20-4-6-21(7-5-20)39-16-22(27-28(33)34-17-35-29(27)39)18-2-8-25(23(31)14-18)36-42(40,41)26-9-3-19(30)15-24(26)32;3*5-3(6)1-2-4(7)8/h2-3,8-9,14-17,20-21,36H,4-7,10-13H2,1H3,(H2,33,34,35);3*1-2H,(H,5,6)(H,7,8)/b;3*2-1-. The number of hydrogen-bond acceptors (Lipinski definition) is 13. The van der Waals surface area contributed by atoms with Crippen molar-refractivity contribution in [2.75, 3.05) is 43.7 Å². The van der Waals surface area contributed by atoms with Gasteiger partial charge in [0.1, 0.15) is 34.3 Å². The summed E-state index contributed by atoms with van der Waals surface area (Å²) in [5.74, 6) is -9.01. The summed E-state index contributed by atoms with van der Waals surface area (Å²) >= 11 is 3.10. The van der Waals surface area contributed by atoms with E-state index in [0.29, 0.717) is 69.1 Å². The van der Waals surface area contributed by atoms with E-state index in [1.54, 1.807) is 6.07 Å². The number of sulfonamides is 1. The lowest BCUT2D eigenvalue weighted by molar-refractivity contribution is -0.134. The lowest BCUT2D eigenvalue weighted by Crippen LogP contribution is -2.49. The van der Waals surface area contributed by atoms with Gasteiger partial charge in [-0.15, -0.1) is 0 Å². The van der Waals surface area contributed by atoms with Crippen molar-refractivity contribution in [3.63, 3.8) is 0 Å². The molecule has 2 aliphatic rings. The average molecular weight is 1010 g/mol. The Morgan fingerprint density at radius 1 is 0.712 bits per heavy atom. The predicted octanol–water partition coefficient (Wildman–Crippen LogP) is 4.39. The number of likely N-dealkylation sites (N-methyl/N-ethyl adjacent to an activating group) is 1. The van der Waals surface area contributed by atoms with Gasteiger partial charge in [-0.3, -0.25) is 9.62 Å². The molecular formula is C41H44BrF2N7O14S. The third kappa shape index (κ3) is 16.8. The Balaban J connectivity index is 0.000000394. The second-order valence-electron chi connectivity index (χ2n) is 14.1. The van der Waals surface area contributed by atoms with Crippen molar-refractivity contribution in [1.82, 2.24) is 24.3 Å². The summed E-state index contributed by atoms with van der Waals surface area (Å²) in [6.45, 7) is 4.39. The number of piperazine rings is 1. The number of fused-ring (bicyclic) bond motifs is 1. The maximum absolute atomic E-state index is 15.3. The van der Waals surface area contributed by atoms with Gasteiger partial charge in [0, 0.05) is 91.0 Å². The van der Waals surface area contributed by atoms with Gasteiger partial charge in [0.25, 0.3) is 10.0 Å². The Kier molecular flexibility index (Phi) is 20.0. The summed E-state index contributed by atoms with van der Waals surface area (Å²) in [6.07, 6.45) is 10.9. The lowest BCUT2D eigenvalue weighted by Gasteiger charge is -2.41. The van der Waals surface area contributed by atoms with Crippen LogP contribution in [0.1, 0.15) is 31.7 Å². The fraction of sp³-hybridized carbons (Fsp3) is 0.268. The summed E-state index contributed by atoms with van der Waals surface area (Å²) in [7, 11) is -2.20. The predicted molar refractivity (Wildman–Crippen MR) is 236 cm³/mol. The van der Waals surface area contributed by atoms with Crippen molar-refractivity contribution < 1.29 is 76.6 Å². The molecule has 0 amide bonds. The number of nitrogens with two attached hydrogens (primary N) is 1. The van der Waals surface area contributed by atoms with Crippen molar-refractivity contribution in [1.29, 1.82) is 0 Å². The number of benzene rings is 2. The number of nitrogens with one attached hydrogen (secondary N) is 1. The molecule has 0 unspecified atom stereocenters. The van der Waals surface area contributed by atoms with Gasteiger partial charge in [0.15, 0.2) is 0 Å². The molecule has 25 heteroatoms. The molecule has 0 radical (unpaired) electrons. The molecule has 354 valence electrons. The fourth-order valence-electron chi connectivity index (χ4n) is 6.58. The number of hydrogen-bond donors (Lipinski definition) is 8. The van der Waals surface area contributed by atoms with Crippen LogP contribution in [-0.4, -0.2) is 138 Å². The van der Waals surface area contributed by atoms with Crippen LogP contribution in [0.5, 0.6) is 0 Å². The number of aliphatic carboxylic acids is 6. The number of rotatable bonds is 12. The Hall–Kier alpha value is -7.09. The van der Waals surface area contributed by atoms with Gasteiger partial charge in [-0.1, -0.05) is 22.0 Å². The Labute approximate surface area is 383 Å². The molecule has 0 atom stereocenters.